The molecule has 0 atom stereocenters. The molecular weight excluding hydrogens is 220 g/mol. The van der Waals surface area contributed by atoms with Gasteiger partial charge in [-0.1, -0.05) is 18.6 Å². The zero-order chi connectivity index (χ0) is 12.8. The van der Waals surface area contributed by atoms with Crippen LogP contribution in [-0.2, 0) is 4.79 Å². The number of carbonyl (C=O) groups excluding carboxylic acids is 1. The number of hydrogen-bond donors (Lipinski definition) is 1. The molecule has 1 aliphatic rings. The van der Waals surface area contributed by atoms with Crippen LogP contribution in [0.3, 0.4) is 0 Å². The number of urea groups is 1. The zero-order valence-electron chi connectivity index (χ0n) is 10.5. The van der Waals surface area contributed by atoms with Gasteiger partial charge >= 0.3 is 12.0 Å². The highest BCUT2D eigenvalue weighted by atomic mass is 16.4. The van der Waals surface area contributed by atoms with Crippen molar-refractivity contribution in [2.75, 3.05) is 26.2 Å². The van der Waals surface area contributed by atoms with Gasteiger partial charge < -0.3 is 14.9 Å². The molecule has 0 saturated heterocycles. The van der Waals surface area contributed by atoms with Crippen LogP contribution in [0.4, 0.5) is 4.79 Å². The third-order valence-electron chi connectivity index (χ3n) is 2.80. The minimum atomic E-state index is -0.962. The average molecular weight is 240 g/mol. The molecule has 96 valence electrons. The first-order valence-electron chi connectivity index (χ1n) is 5.96. The van der Waals surface area contributed by atoms with E-state index >= 15 is 0 Å². The predicted molar refractivity (Wildman–Crippen MR) is 64.8 cm³/mol. The summed E-state index contributed by atoms with van der Waals surface area (Å²) in [5, 5.41) is 8.78. The molecule has 0 bridgehead atoms. The molecule has 0 aromatic heterocycles. The van der Waals surface area contributed by atoms with Gasteiger partial charge in [-0.2, -0.15) is 0 Å². The van der Waals surface area contributed by atoms with Crippen LogP contribution >= 0.6 is 0 Å². The molecule has 0 saturated carbocycles. The highest BCUT2D eigenvalue weighted by Crippen LogP contribution is 2.11. The molecule has 0 aromatic carbocycles. The Kier molecular flexibility index (Phi) is 5.00. The lowest BCUT2D eigenvalue weighted by molar-refractivity contribution is -0.137. The van der Waals surface area contributed by atoms with E-state index in [9.17, 15) is 9.59 Å². The van der Waals surface area contributed by atoms with Crippen LogP contribution in [0, 0.1) is 0 Å². The first kappa shape index (κ1) is 13.5. The lowest BCUT2D eigenvalue weighted by Gasteiger charge is -2.31. The molecule has 17 heavy (non-hydrogen) atoms. The van der Waals surface area contributed by atoms with Gasteiger partial charge in [-0.25, -0.2) is 4.79 Å². The first-order valence-corrected chi connectivity index (χ1v) is 5.96. The molecule has 1 N–H and O–H groups in total. The number of amides is 2. The van der Waals surface area contributed by atoms with E-state index in [1.807, 2.05) is 19.9 Å². The van der Waals surface area contributed by atoms with Gasteiger partial charge in [-0.3, -0.25) is 4.79 Å². The van der Waals surface area contributed by atoms with E-state index in [-0.39, 0.29) is 12.6 Å². The molecule has 0 spiro atoms. The highest BCUT2D eigenvalue weighted by molar-refractivity contribution is 5.80. The summed E-state index contributed by atoms with van der Waals surface area (Å²) in [5.74, 6) is -0.962. The van der Waals surface area contributed by atoms with E-state index in [4.69, 9.17) is 5.11 Å². The Morgan fingerprint density at radius 3 is 2.71 bits per heavy atom. The van der Waals surface area contributed by atoms with E-state index in [0.717, 1.165) is 12.8 Å². The molecule has 5 heteroatoms. The van der Waals surface area contributed by atoms with Crippen molar-refractivity contribution in [2.45, 2.75) is 26.7 Å². The molecule has 1 rings (SSSR count). The first-order chi connectivity index (χ1) is 8.04. The lowest BCUT2D eigenvalue weighted by atomic mass is 10.1. The van der Waals surface area contributed by atoms with Gasteiger partial charge in [0.25, 0.3) is 0 Å². The van der Waals surface area contributed by atoms with E-state index in [0.29, 0.717) is 19.6 Å². The molecule has 5 nitrogen and oxygen atoms in total. The van der Waals surface area contributed by atoms with Crippen molar-refractivity contribution in [3.63, 3.8) is 0 Å². The fourth-order valence-electron chi connectivity index (χ4n) is 1.82. The Balaban J connectivity index is 2.61. The number of hydrogen-bond acceptors (Lipinski definition) is 2. The second-order valence-corrected chi connectivity index (χ2v) is 4.34. The van der Waals surface area contributed by atoms with E-state index in [1.54, 1.807) is 4.90 Å². The number of carbonyl (C=O) groups is 2. The average Bonchev–Trinajstić information content (AvgIpc) is 2.28. The van der Waals surface area contributed by atoms with E-state index in [2.05, 4.69) is 0 Å². The van der Waals surface area contributed by atoms with Crippen molar-refractivity contribution in [1.82, 2.24) is 9.80 Å². The van der Waals surface area contributed by atoms with Gasteiger partial charge in [0.2, 0.25) is 0 Å². The Labute approximate surface area is 102 Å². The molecule has 0 radical (unpaired) electrons. The fourth-order valence-corrected chi connectivity index (χ4v) is 1.82. The van der Waals surface area contributed by atoms with Crippen LogP contribution in [-0.4, -0.2) is 53.1 Å². The van der Waals surface area contributed by atoms with Crippen molar-refractivity contribution in [3.8, 4) is 0 Å². The number of nitrogens with zero attached hydrogens (tertiary/aromatic N) is 2. The second-order valence-electron chi connectivity index (χ2n) is 4.34. The third kappa shape index (κ3) is 4.09. The highest BCUT2D eigenvalue weighted by Gasteiger charge is 2.22. The van der Waals surface area contributed by atoms with Crippen molar-refractivity contribution in [2.24, 2.45) is 0 Å². The summed E-state index contributed by atoms with van der Waals surface area (Å²) >= 11 is 0. The Morgan fingerprint density at radius 2 is 2.24 bits per heavy atom. The summed E-state index contributed by atoms with van der Waals surface area (Å²) in [6.45, 7) is 5.52. The number of rotatable bonds is 4. The molecular formula is C12H20N2O3. The van der Waals surface area contributed by atoms with Crippen LogP contribution < -0.4 is 0 Å². The molecule has 0 aromatic rings. The summed E-state index contributed by atoms with van der Waals surface area (Å²) in [7, 11) is 0. The maximum atomic E-state index is 12.1. The number of aliphatic carboxylic acids is 1. The topological polar surface area (TPSA) is 60.9 Å². The summed E-state index contributed by atoms with van der Waals surface area (Å²) < 4.78 is 0. The minimum Gasteiger partial charge on any atom is -0.480 e. The van der Waals surface area contributed by atoms with Gasteiger partial charge in [0.1, 0.15) is 6.54 Å². The summed E-state index contributed by atoms with van der Waals surface area (Å²) in [5.41, 5.74) is 1.29. The van der Waals surface area contributed by atoms with Crippen LogP contribution in [0.25, 0.3) is 0 Å². The van der Waals surface area contributed by atoms with Crippen molar-refractivity contribution < 1.29 is 14.7 Å². The zero-order valence-corrected chi connectivity index (χ0v) is 10.5. The van der Waals surface area contributed by atoms with Crippen LogP contribution in [0.2, 0.25) is 0 Å². The summed E-state index contributed by atoms with van der Waals surface area (Å²) in [4.78, 5) is 25.9. The maximum absolute atomic E-state index is 12.1. The van der Waals surface area contributed by atoms with Gasteiger partial charge in [0, 0.05) is 19.6 Å². The SMILES string of the molecule is CCCN(CC(=O)O)C(=O)N1CC=C(C)CC1. The smallest absolute Gasteiger partial charge is 0.323 e. The van der Waals surface area contributed by atoms with Crippen molar-refractivity contribution in [3.05, 3.63) is 11.6 Å². The number of carboxylic acids is 1. The molecule has 2 amide bonds. The monoisotopic (exact) mass is 240 g/mol. The fraction of sp³-hybridized carbons (Fsp3) is 0.667. The molecule has 1 aliphatic heterocycles. The van der Waals surface area contributed by atoms with Crippen molar-refractivity contribution in [1.29, 1.82) is 0 Å². The molecule has 0 unspecified atom stereocenters. The van der Waals surface area contributed by atoms with Crippen LogP contribution in [0.1, 0.15) is 26.7 Å². The van der Waals surface area contributed by atoms with Crippen LogP contribution in [0.15, 0.2) is 11.6 Å². The van der Waals surface area contributed by atoms with Gasteiger partial charge in [-0.05, 0) is 19.8 Å². The molecule has 0 aliphatic carbocycles. The van der Waals surface area contributed by atoms with Crippen LogP contribution in [0.5, 0.6) is 0 Å². The largest absolute Gasteiger partial charge is 0.480 e. The van der Waals surface area contributed by atoms with Crippen molar-refractivity contribution >= 4 is 12.0 Å². The molecule has 0 fully saturated rings. The standard InChI is InChI=1S/C12H20N2O3/c1-3-6-14(9-11(15)16)12(17)13-7-4-10(2)5-8-13/h4H,3,5-9H2,1-2H3,(H,15,16). The Morgan fingerprint density at radius 1 is 1.53 bits per heavy atom. The predicted octanol–water partition coefficient (Wildman–Crippen LogP) is 1.56. The normalized spacial score (nSPS) is 15.4. The summed E-state index contributed by atoms with van der Waals surface area (Å²) in [6, 6.07) is -0.169. The third-order valence-corrected chi connectivity index (χ3v) is 2.80. The molecule has 1 heterocycles. The summed E-state index contributed by atoms with van der Waals surface area (Å²) in [6.07, 6.45) is 3.66. The van der Waals surface area contributed by atoms with Gasteiger partial charge in [0.15, 0.2) is 0 Å². The number of carboxylic acid groups (broad SMARTS) is 1. The Bertz CT molecular complexity index is 326. The quantitative estimate of drug-likeness (QED) is 0.758. The Hall–Kier alpha value is -1.52. The van der Waals surface area contributed by atoms with Gasteiger partial charge in [0.05, 0.1) is 0 Å². The van der Waals surface area contributed by atoms with E-state index < -0.39 is 5.97 Å². The van der Waals surface area contributed by atoms with Gasteiger partial charge in [-0.15, -0.1) is 0 Å². The maximum Gasteiger partial charge on any atom is 0.323 e. The lowest BCUT2D eigenvalue weighted by Crippen LogP contribution is -2.47. The minimum absolute atomic E-state index is 0.169. The second kappa shape index (κ2) is 6.27. The van der Waals surface area contributed by atoms with E-state index in [1.165, 1.54) is 10.5 Å².